The van der Waals surface area contributed by atoms with Crippen molar-refractivity contribution in [3.8, 4) is 5.75 Å². The molecular weight excluding hydrogens is 283 g/mol. The Morgan fingerprint density at radius 2 is 2.00 bits per heavy atom. The molecule has 1 fully saturated rings. The molecule has 0 radical (unpaired) electrons. The van der Waals surface area contributed by atoms with Gasteiger partial charge in [0, 0.05) is 19.1 Å². The van der Waals surface area contributed by atoms with Crippen LogP contribution in [0.15, 0.2) is 24.3 Å². The van der Waals surface area contributed by atoms with Gasteiger partial charge in [0.15, 0.2) is 0 Å². The van der Waals surface area contributed by atoms with Crippen LogP contribution in [0.25, 0.3) is 0 Å². The minimum absolute atomic E-state index is 0.0715. The predicted molar refractivity (Wildman–Crippen MR) is 73.1 cm³/mol. The molecule has 2 rings (SSSR count). The van der Waals surface area contributed by atoms with Gasteiger partial charge in [0.2, 0.25) is 0 Å². The zero-order valence-corrected chi connectivity index (χ0v) is 12.0. The van der Waals surface area contributed by atoms with Crippen LogP contribution in [0.1, 0.15) is 31.4 Å². The molecule has 1 aliphatic rings. The molecule has 1 N–H and O–H groups in total. The van der Waals surface area contributed by atoms with Gasteiger partial charge in [0.1, 0.15) is 5.75 Å². The lowest BCUT2D eigenvalue weighted by atomic mass is 9.89. The summed E-state index contributed by atoms with van der Waals surface area (Å²) in [6, 6.07) is 5.97. The van der Waals surface area contributed by atoms with Crippen molar-refractivity contribution < 1.29 is 22.6 Å². The minimum atomic E-state index is -4.66. The van der Waals surface area contributed by atoms with Crippen molar-refractivity contribution in [3.63, 3.8) is 0 Å². The van der Waals surface area contributed by atoms with Crippen molar-refractivity contribution in [1.29, 1.82) is 0 Å². The van der Waals surface area contributed by atoms with E-state index in [0.29, 0.717) is 12.5 Å². The van der Waals surface area contributed by atoms with Crippen LogP contribution in [0, 0.1) is 5.92 Å². The molecule has 2 atom stereocenters. The Balaban J connectivity index is 2.05. The van der Waals surface area contributed by atoms with E-state index in [2.05, 4.69) is 10.1 Å². The van der Waals surface area contributed by atoms with Gasteiger partial charge in [-0.15, -0.1) is 13.2 Å². The second-order valence-electron chi connectivity index (χ2n) is 5.12. The van der Waals surface area contributed by atoms with E-state index >= 15 is 0 Å². The summed E-state index contributed by atoms with van der Waals surface area (Å²) in [7, 11) is 0. The zero-order valence-electron chi connectivity index (χ0n) is 12.0. The molecule has 0 aliphatic carbocycles. The molecule has 2 unspecified atom stereocenters. The van der Waals surface area contributed by atoms with Gasteiger partial charge in [0.05, 0.1) is 6.10 Å². The minimum Gasteiger partial charge on any atom is -0.406 e. The number of hydrogen-bond acceptors (Lipinski definition) is 3. The van der Waals surface area contributed by atoms with E-state index in [1.807, 2.05) is 6.92 Å². The summed E-state index contributed by atoms with van der Waals surface area (Å²) in [5.74, 6) is 0.137. The average Bonchev–Trinajstić information content (AvgIpc) is 2.45. The van der Waals surface area contributed by atoms with Gasteiger partial charge in [-0.1, -0.05) is 19.1 Å². The first-order valence-corrected chi connectivity index (χ1v) is 7.17. The van der Waals surface area contributed by atoms with Crippen LogP contribution in [0.4, 0.5) is 13.2 Å². The van der Waals surface area contributed by atoms with Crippen molar-refractivity contribution in [3.05, 3.63) is 29.8 Å². The van der Waals surface area contributed by atoms with Crippen LogP contribution in [-0.2, 0) is 4.74 Å². The van der Waals surface area contributed by atoms with Gasteiger partial charge >= 0.3 is 6.36 Å². The third kappa shape index (κ3) is 4.89. The summed E-state index contributed by atoms with van der Waals surface area (Å²) < 4.78 is 46.1. The van der Waals surface area contributed by atoms with Crippen molar-refractivity contribution >= 4 is 0 Å². The highest BCUT2D eigenvalue weighted by molar-refractivity contribution is 5.29. The lowest BCUT2D eigenvalue weighted by Crippen LogP contribution is -2.31. The fourth-order valence-corrected chi connectivity index (χ4v) is 2.61. The number of benzene rings is 1. The van der Waals surface area contributed by atoms with Crippen LogP contribution in [-0.4, -0.2) is 26.1 Å². The molecule has 1 aromatic rings. The Morgan fingerprint density at radius 1 is 1.29 bits per heavy atom. The number of nitrogens with one attached hydrogen (secondary N) is 1. The molecule has 0 amide bonds. The smallest absolute Gasteiger partial charge is 0.406 e. The molecule has 0 bridgehead atoms. The van der Waals surface area contributed by atoms with Crippen molar-refractivity contribution in [2.75, 3.05) is 19.7 Å². The van der Waals surface area contributed by atoms with E-state index in [1.165, 1.54) is 12.1 Å². The summed E-state index contributed by atoms with van der Waals surface area (Å²) >= 11 is 0. The van der Waals surface area contributed by atoms with E-state index in [-0.39, 0.29) is 11.9 Å². The summed E-state index contributed by atoms with van der Waals surface area (Å²) in [5.41, 5.74) is 0.895. The van der Waals surface area contributed by atoms with Crippen LogP contribution >= 0.6 is 0 Å². The van der Waals surface area contributed by atoms with Crippen molar-refractivity contribution in [2.45, 2.75) is 32.2 Å². The van der Waals surface area contributed by atoms with Gasteiger partial charge in [-0.05, 0) is 37.1 Å². The molecule has 0 aromatic heterocycles. The standard InChI is InChI=1S/C15H20F3NO2/c1-2-19-10-12-4-3-9-20-14(12)11-5-7-13(8-6-11)21-15(16,17)18/h5-8,12,14,19H,2-4,9-10H2,1H3. The van der Waals surface area contributed by atoms with E-state index in [4.69, 9.17) is 4.74 Å². The van der Waals surface area contributed by atoms with E-state index in [0.717, 1.165) is 31.5 Å². The maximum absolute atomic E-state index is 12.1. The third-order valence-electron chi connectivity index (χ3n) is 3.54. The fraction of sp³-hybridized carbons (Fsp3) is 0.600. The monoisotopic (exact) mass is 303 g/mol. The highest BCUT2D eigenvalue weighted by Gasteiger charge is 2.31. The number of hydrogen-bond donors (Lipinski definition) is 1. The number of ether oxygens (including phenoxy) is 2. The normalized spacial score (nSPS) is 23.0. The molecule has 1 saturated heterocycles. The Kier molecular flexibility index (Phi) is 5.47. The van der Waals surface area contributed by atoms with Gasteiger partial charge in [0.25, 0.3) is 0 Å². The topological polar surface area (TPSA) is 30.5 Å². The van der Waals surface area contributed by atoms with E-state index in [1.54, 1.807) is 12.1 Å². The number of alkyl halides is 3. The van der Waals surface area contributed by atoms with Crippen LogP contribution in [0.3, 0.4) is 0 Å². The molecule has 3 nitrogen and oxygen atoms in total. The van der Waals surface area contributed by atoms with E-state index in [9.17, 15) is 13.2 Å². The largest absolute Gasteiger partial charge is 0.573 e. The zero-order chi connectivity index (χ0) is 15.3. The van der Waals surface area contributed by atoms with E-state index < -0.39 is 6.36 Å². The van der Waals surface area contributed by atoms with Gasteiger partial charge in [-0.2, -0.15) is 0 Å². The summed E-state index contributed by atoms with van der Waals surface area (Å²) in [4.78, 5) is 0. The summed E-state index contributed by atoms with van der Waals surface area (Å²) in [6.07, 6.45) is -2.66. The molecule has 118 valence electrons. The van der Waals surface area contributed by atoms with Crippen molar-refractivity contribution in [2.24, 2.45) is 5.92 Å². The van der Waals surface area contributed by atoms with Crippen molar-refractivity contribution in [1.82, 2.24) is 5.32 Å². The molecule has 0 spiro atoms. The van der Waals surface area contributed by atoms with Crippen LogP contribution in [0.5, 0.6) is 5.75 Å². The Hall–Kier alpha value is -1.27. The SMILES string of the molecule is CCNCC1CCCOC1c1ccc(OC(F)(F)F)cc1. The maximum Gasteiger partial charge on any atom is 0.573 e. The predicted octanol–water partition coefficient (Wildman–Crippen LogP) is 3.66. The molecule has 6 heteroatoms. The highest BCUT2D eigenvalue weighted by atomic mass is 19.4. The summed E-state index contributed by atoms with van der Waals surface area (Å²) in [6.45, 7) is 4.47. The summed E-state index contributed by atoms with van der Waals surface area (Å²) in [5, 5.41) is 3.31. The van der Waals surface area contributed by atoms with Gasteiger partial charge in [-0.3, -0.25) is 0 Å². The third-order valence-corrected chi connectivity index (χ3v) is 3.54. The first kappa shape index (κ1) is 16.1. The second-order valence-corrected chi connectivity index (χ2v) is 5.12. The average molecular weight is 303 g/mol. The lowest BCUT2D eigenvalue weighted by Gasteiger charge is -2.32. The Morgan fingerprint density at radius 3 is 2.62 bits per heavy atom. The quantitative estimate of drug-likeness (QED) is 0.900. The molecule has 21 heavy (non-hydrogen) atoms. The first-order chi connectivity index (χ1) is 9.99. The molecule has 0 saturated carbocycles. The maximum atomic E-state index is 12.1. The lowest BCUT2D eigenvalue weighted by molar-refractivity contribution is -0.274. The highest BCUT2D eigenvalue weighted by Crippen LogP contribution is 2.34. The first-order valence-electron chi connectivity index (χ1n) is 7.17. The van der Waals surface area contributed by atoms with Crippen LogP contribution in [0.2, 0.25) is 0 Å². The number of rotatable bonds is 5. The Labute approximate surface area is 122 Å². The van der Waals surface area contributed by atoms with Gasteiger partial charge < -0.3 is 14.8 Å². The molecular formula is C15H20F3NO2. The number of halogens is 3. The molecule has 1 aromatic carbocycles. The van der Waals surface area contributed by atoms with Gasteiger partial charge in [-0.25, -0.2) is 0 Å². The second kappa shape index (κ2) is 7.13. The fourth-order valence-electron chi connectivity index (χ4n) is 2.61. The molecule has 1 heterocycles. The van der Waals surface area contributed by atoms with Crippen LogP contribution < -0.4 is 10.1 Å². The Bertz CT molecular complexity index is 434. The molecule has 1 aliphatic heterocycles.